The quantitative estimate of drug-likeness (QED) is 0.904. The number of hydrogen-bond donors (Lipinski definition) is 1. The van der Waals surface area contributed by atoms with Crippen molar-refractivity contribution < 1.29 is 4.79 Å². The van der Waals surface area contributed by atoms with Gasteiger partial charge in [-0.2, -0.15) is 0 Å². The zero-order chi connectivity index (χ0) is 14.0. The fraction of sp³-hybridized carbons (Fsp3) is 0.278. The molecule has 0 spiro atoms. The highest BCUT2D eigenvalue weighted by molar-refractivity contribution is 5.80. The van der Waals surface area contributed by atoms with Gasteiger partial charge in [0.25, 0.3) is 0 Å². The maximum Gasteiger partial charge on any atom is 0.221 e. The van der Waals surface area contributed by atoms with Crippen LogP contribution in [0.5, 0.6) is 0 Å². The third-order valence-electron chi connectivity index (χ3n) is 4.15. The van der Waals surface area contributed by atoms with E-state index in [9.17, 15) is 4.79 Å². The zero-order valence-electron chi connectivity index (χ0n) is 11.7. The Hall–Kier alpha value is -2.09. The second-order valence-corrected chi connectivity index (χ2v) is 5.90. The molecule has 102 valence electrons. The number of amides is 1. The van der Waals surface area contributed by atoms with Crippen molar-refractivity contribution in [1.82, 2.24) is 5.32 Å². The summed E-state index contributed by atoms with van der Waals surface area (Å²) in [5.41, 5.74) is 2.41. The average Bonchev–Trinajstić information content (AvgIpc) is 2.75. The van der Waals surface area contributed by atoms with E-state index in [1.165, 1.54) is 11.1 Å². The van der Waals surface area contributed by atoms with Crippen molar-refractivity contribution in [2.45, 2.75) is 25.8 Å². The van der Waals surface area contributed by atoms with Gasteiger partial charge in [0.2, 0.25) is 5.91 Å². The Morgan fingerprint density at radius 2 is 1.65 bits per heavy atom. The van der Waals surface area contributed by atoms with Crippen molar-refractivity contribution in [1.29, 1.82) is 0 Å². The number of benzene rings is 2. The Kier molecular flexibility index (Phi) is 3.31. The first-order chi connectivity index (χ1) is 9.67. The van der Waals surface area contributed by atoms with Gasteiger partial charge in [0.05, 0.1) is 6.04 Å². The highest BCUT2D eigenvalue weighted by Gasteiger charge is 2.43. The fourth-order valence-corrected chi connectivity index (χ4v) is 3.21. The van der Waals surface area contributed by atoms with E-state index in [4.69, 9.17) is 0 Å². The van der Waals surface area contributed by atoms with Crippen LogP contribution in [0, 0.1) is 5.41 Å². The molecule has 2 unspecified atom stereocenters. The van der Waals surface area contributed by atoms with E-state index in [2.05, 4.69) is 48.6 Å². The Morgan fingerprint density at radius 1 is 1.05 bits per heavy atom. The van der Waals surface area contributed by atoms with E-state index in [1.807, 2.05) is 24.3 Å². The van der Waals surface area contributed by atoms with E-state index >= 15 is 0 Å². The second-order valence-electron chi connectivity index (χ2n) is 5.90. The largest absolute Gasteiger partial charge is 0.349 e. The van der Waals surface area contributed by atoms with Gasteiger partial charge in [-0.15, -0.1) is 0 Å². The monoisotopic (exact) mass is 265 g/mol. The molecule has 2 aromatic rings. The van der Waals surface area contributed by atoms with Crippen LogP contribution in [0.1, 0.15) is 30.5 Å². The Balaban J connectivity index is 1.91. The highest BCUT2D eigenvalue weighted by atomic mass is 16.2. The first kappa shape index (κ1) is 12.9. The Labute approximate surface area is 119 Å². The van der Waals surface area contributed by atoms with Crippen LogP contribution in [0.3, 0.4) is 0 Å². The molecule has 1 aliphatic rings. The summed E-state index contributed by atoms with van der Waals surface area (Å²) in [5, 5.41) is 3.14. The molecule has 0 radical (unpaired) electrons. The predicted octanol–water partition coefficient (Wildman–Crippen LogP) is 3.50. The molecule has 1 amide bonds. The van der Waals surface area contributed by atoms with Crippen LogP contribution in [-0.2, 0) is 11.2 Å². The van der Waals surface area contributed by atoms with E-state index in [-0.39, 0.29) is 17.4 Å². The minimum Gasteiger partial charge on any atom is -0.349 e. The lowest BCUT2D eigenvalue weighted by Gasteiger charge is -2.30. The molecule has 2 atom stereocenters. The van der Waals surface area contributed by atoms with Crippen LogP contribution in [-0.4, -0.2) is 5.91 Å². The van der Waals surface area contributed by atoms with Gasteiger partial charge >= 0.3 is 0 Å². The van der Waals surface area contributed by atoms with Crippen LogP contribution in [0.2, 0.25) is 0 Å². The van der Waals surface area contributed by atoms with E-state index in [0.717, 1.165) is 6.42 Å². The topological polar surface area (TPSA) is 29.1 Å². The van der Waals surface area contributed by atoms with Gasteiger partial charge < -0.3 is 5.32 Å². The van der Waals surface area contributed by atoms with Crippen molar-refractivity contribution in [3.63, 3.8) is 0 Å². The zero-order valence-corrected chi connectivity index (χ0v) is 11.7. The van der Waals surface area contributed by atoms with Crippen molar-refractivity contribution in [3.05, 3.63) is 71.8 Å². The van der Waals surface area contributed by atoms with Gasteiger partial charge in [-0.3, -0.25) is 4.79 Å². The summed E-state index contributed by atoms with van der Waals surface area (Å²) in [6.07, 6.45) is 1.49. The molecule has 0 aromatic heterocycles. The number of carbonyl (C=O) groups is 1. The smallest absolute Gasteiger partial charge is 0.221 e. The van der Waals surface area contributed by atoms with Crippen molar-refractivity contribution >= 4 is 5.91 Å². The molecule has 1 aliphatic heterocycles. The average molecular weight is 265 g/mol. The number of carbonyl (C=O) groups excluding carboxylic acids is 1. The molecule has 1 N–H and O–H groups in total. The number of hydrogen-bond acceptors (Lipinski definition) is 1. The SMILES string of the molecule is CC1(Cc2ccccc2)CC(=O)NC1c1ccccc1. The van der Waals surface area contributed by atoms with Crippen LogP contribution < -0.4 is 5.32 Å². The number of nitrogens with one attached hydrogen (secondary N) is 1. The maximum absolute atomic E-state index is 11.9. The molecule has 0 saturated carbocycles. The third kappa shape index (κ3) is 2.46. The summed E-state index contributed by atoms with van der Waals surface area (Å²) in [5.74, 6) is 0.150. The molecule has 0 aliphatic carbocycles. The van der Waals surface area contributed by atoms with Crippen LogP contribution >= 0.6 is 0 Å². The maximum atomic E-state index is 11.9. The predicted molar refractivity (Wildman–Crippen MR) is 80.2 cm³/mol. The van der Waals surface area contributed by atoms with Gasteiger partial charge in [-0.25, -0.2) is 0 Å². The molecule has 3 rings (SSSR count). The van der Waals surface area contributed by atoms with Crippen molar-refractivity contribution in [2.75, 3.05) is 0 Å². The molecule has 2 nitrogen and oxygen atoms in total. The lowest BCUT2D eigenvalue weighted by atomic mass is 9.74. The normalized spacial score (nSPS) is 25.4. The molecule has 1 saturated heterocycles. The standard InChI is InChI=1S/C18H19NO/c1-18(12-14-8-4-2-5-9-14)13-16(20)19-17(18)15-10-6-3-7-11-15/h2-11,17H,12-13H2,1H3,(H,19,20). The molecule has 1 fully saturated rings. The van der Waals surface area contributed by atoms with E-state index in [1.54, 1.807) is 0 Å². The lowest BCUT2D eigenvalue weighted by molar-refractivity contribution is -0.119. The minimum atomic E-state index is -0.0697. The lowest BCUT2D eigenvalue weighted by Crippen LogP contribution is -2.28. The summed E-state index contributed by atoms with van der Waals surface area (Å²) in [4.78, 5) is 11.9. The van der Waals surface area contributed by atoms with Gasteiger partial charge in [0.1, 0.15) is 0 Å². The van der Waals surface area contributed by atoms with Gasteiger partial charge in [0, 0.05) is 11.8 Å². The molecular formula is C18H19NO. The van der Waals surface area contributed by atoms with Gasteiger partial charge in [-0.05, 0) is 17.5 Å². The second kappa shape index (κ2) is 5.12. The number of rotatable bonds is 3. The van der Waals surface area contributed by atoms with Crippen LogP contribution in [0.4, 0.5) is 0 Å². The summed E-state index contributed by atoms with van der Waals surface area (Å²) in [6, 6.07) is 20.8. The summed E-state index contributed by atoms with van der Waals surface area (Å²) >= 11 is 0. The van der Waals surface area contributed by atoms with Crippen LogP contribution in [0.25, 0.3) is 0 Å². The van der Waals surface area contributed by atoms with Gasteiger partial charge in [-0.1, -0.05) is 67.6 Å². The van der Waals surface area contributed by atoms with Crippen LogP contribution in [0.15, 0.2) is 60.7 Å². The van der Waals surface area contributed by atoms with E-state index in [0.29, 0.717) is 6.42 Å². The van der Waals surface area contributed by atoms with Crippen molar-refractivity contribution in [2.24, 2.45) is 5.41 Å². The molecular weight excluding hydrogens is 246 g/mol. The summed E-state index contributed by atoms with van der Waals surface area (Å²) in [6.45, 7) is 2.20. The van der Waals surface area contributed by atoms with E-state index < -0.39 is 0 Å². The molecule has 2 heteroatoms. The molecule has 1 heterocycles. The molecule has 20 heavy (non-hydrogen) atoms. The third-order valence-corrected chi connectivity index (χ3v) is 4.15. The Bertz CT molecular complexity index is 593. The fourth-order valence-electron chi connectivity index (χ4n) is 3.21. The Morgan fingerprint density at radius 3 is 2.30 bits per heavy atom. The summed E-state index contributed by atoms with van der Waals surface area (Å²) in [7, 11) is 0. The molecule has 0 bridgehead atoms. The highest BCUT2D eigenvalue weighted by Crippen LogP contribution is 2.44. The molecule has 2 aromatic carbocycles. The van der Waals surface area contributed by atoms with Gasteiger partial charge in [0.15, 0.2) is 0 Å². The first-order valence-electron chi connectivity index (χ1n) is 7.06. The van der Waals surface area contributed by atoms with Crippen molar-refractivity contribution in [3.8, 4) is 0 Å². The first-order valence-corrected chi connectivity index (χ1v) is 7.06. The summed E-state index contributed by atoms with van der Waals surface area (Å²) < 4.78 is 0. The minimum absolute atomic E-state index is 0.0697.